The third-order valence-corrected chi connectivity index (χ3v) is 3.30. The largest absolute Gasteiger partial charge is 0.451 e. The Morgan fingerprint density at radius 3 is 2.60 bits per heavy atom. The Morgan fingerprint density at radius 2 is 2.05 bits per heavy atom. The van der Waals surface area contributed by atoms with Crippen LogP contribution in [0, 0.1) is 5.92 Å². The molecule has 20 heavy (non-hydrogen) atoms. The minimum Gasteiger partial charge on any atom is -0.373 e. The van der Waals surface area contributed by atoms with Crippen molar-refractivity contribution in [3.8, 4) is 0 Å². The van der Waals surface area contributed by atoms with E-state index in [2.05, 4.69) is 25.5 Å². The summed E-state index contributed by atoms with van der Waals surface area (Å²) in [5, 5.41) is 5.59. The maximum Gasteiger partial charge on any atom is 0.451 e. The summed E-state index contributed by atoms with van der Waals surface area (Å²) >= 11 is 0. The SMILES string of the molecule is CNc1cc(NCC2CCN(C)C2)nc(C(F)(F)F)n1. The van der Waals surface area contributed by atoms with Gasteiger partial charge in [0.05, 0.1) is 0 Å². The number of hydrogen-bond donors (Lipinski definition) is 2. The first-order valence-corrected chi connectivity index (χ1v) is 6.45. The van der Waals surface area contributed by atoms with E-state index in [4.69, 9.17) is 0 Å². The molecule has 0 amide bonds. The van der Waals surface area contributed by atoms with Crippen molar-refractivity contribution in [3.63, 3.8) is 0 Å². The van der Waals surface area contributed by atoms with Gasteiger partial charge in [-0.2, -0.15) is 13.2 Å². The number of halogens is 3. The van der Waals surface area contributed by atoms with E-state index in [9.17, 15) is 13.2 Å². The fourth-order valence-corrected chi connectivity index (χ4v) is 2.23. The number of hydrogen-bond acceptors (Lipinski definition) is 5. The van der Waals surface area contributed by atoms with E-state index in [0.29, 0.717) is 12.5 Å². The van der Waals surface area contributed by atoms with E-state index >= 15 is 0 Å². The maximum absolute atomic E-state index is 12.7. The first-order valence-electron chi connectivity index (χ1n) is 6.45. The van der Waals surface area contributed by atoms with E-state index in [0.717, 1.165) is 19.5 Å². The van der Waals surface area contributed by atoms with E-state index in [1.165, 1.54) is 13.1 Å². The summed E-state index contributed by atoms with van der Waals surface area (Å²) in [5.41, 5.74) is 0. The topological polar surface area (TPSA) is 53.1 Å². The number of anilines is 2. The average molecular weight is 289 g/mol. The highest BCUT2D eigenvalue weighted by Gasteiger charge is 2.35. The molecule has 5 nitrogen and oxygen atoms in total. The second-order valence-corrected chi connectivity index (χ2v) is 5.01. The molecule has 0 saturated carbocycles. The smallest absolute Gasteiger partial charge is 0.373 e. The Balaban J connectivity index is 2.07. The monoisotopic (exact) mass is 289 g/mol. The molecule has 1 saturated heterocycles. The van der Waals surface area contributed by atoms with Crippen LogP contribution < -0.4 is 10.6 Å². The Hall–Kier alpha value is -1.57. The average Bonchev–Trinajstić information content (AvgIpc) is 2.81. The fraction of sp³-hybridized carbons (Fsp3) is 0.667. The number of alkyl halides is 3. The number of nitrogens with zero attached hydrogens (tertiary/aromatic N) is 3. The van der Waals surface area contributed by atoms with Crippen molar-refractivity contribution in [2.45, 2.75) is 12.6 Å². The summed E-state index contributed by atoms with van der Waals surface area (Å²) < 4.78 is 38.1. The van der Waals surface area contributed by atoms with Gasteiger partial charge in [-0.25, -0.2) is 9.97 Å². The third-order valence-electron chi connectivity index (χ3n) is 3.30. The van der Waals surface area contributed by atoms with Gasteiger partial charge >= 0.3 is 6.18 Å². The van der Waals surface area contributed by atoms with E-state index in [1.54, 1.807) is 0 Å². The highest BCUT2D eigenvalue weighted by Crippen LogP contribution is 2.28. The lowest BCUT2D eigenvalue weighted by Gasteiger charge is -2.14. The van der Waals surface area contributed by atoms with Crippen LogP contribution in [0.4, 0.5) is 24.8 Å². The lowest BCUT2D eigenvalue weighted by Crippen LogP contribution is -2.20. The van der Waals surface area contributed by atoms with Crippen LogP contribution >= 0.6 is 0 Å². The van der Waals surface area contributed by atoms with Crippen LogP contribution in [0.25, 0.3) is 0 Å². The van der Waals surface area contributed by atoms with Gasteiger partial charge in [-0.15, -0.1) is 0 Å². The van der Waals surface area contributed by atoms with Gasteiger partial charge in [0.25, 0.3) is 0 Å². The Morgan fingerprint density at radius 1 is 1.35 bits per heavy atom. The second-order valence-electron chi connectivity index (χ2n) is 5.01. The van der Waals surface area contributed by atoms with Crippen LogP contribution in [0.5, 0.6) is 0 Å². The number of aromatic nitrogens is 2. The van der Waals surface area contributed by atoms with Crippen molar-refractivity contribution >= 4 is 11.6 Å². The molecule has 112 valence electrons. The molecule has 1 aromatic heterocycles. The fourth-order valence-electron chi connectivity index (χ4n) is 2.23. The molecule has 1 fully saturated rings. The van der Waals surface area contributed by atoms with Crippen molar-refractivity contribution in [1.82, 2.24) is 14.9 Å². The molecule has 8 heteroatoms. The van der Waals surface area contributed by atoms with Crippen molar-refractivity contribution < 1.29 is 13.2 Å². The van der Waals surface area contributed by atoms with Gasteiger partial charge in [0, 0.05) is 26.2 Å². The van der Waals surface area contributed by atoms with Gasteiger partial charge in [0.15, 0.2) is 0 Å². The molecular formula is C12H18F3N5. The highest BCUT2D eigenvalue weighted by molar-refractivity contribution is 5.47. The second kappa shape index (κ2) is 5.82. The lowest BCUT2D eigenvalue weighted by molar-refractivity contribution is -0.144. The molecule has 1 unspecified atom stereocenters. The van der Waals surface area contributed by atoms with Crippen molar-refractivity contribution in [1.29, 1.82) is 0 Å². The number of rotatable bonds is 4. The van der Waals surface area contributed by atoms with Crippen LogP contribution in [0.3, 0.4) is 0 Å². The summed E-state index contributed by atoms with van der Waals surface area (Å²) in [5.74, 6) is -0.345. The molecule has 1 atom stereocenters. The molecule has 2 heterocycles. The normalized spacial score (nSPS) is 20.1. The maximum atomic E-state index is 12.7. The molecule has 0 spiro atoms. The van der Waals surface area contributed by atoms with Crippen LogP contribution in [0.1, 0.15) is 12.2 Å². The Labute approximate surface area is 115 Å². The highest BCUT2D eigenvalue weighted by atomic mass is 19.4. The van der Waals surface area contributed by atoms with Crippen LogP contribution in [-0.2, 0) is 6.18 Å². The first kappa shape index (κ1) is 14.8. The molecule has 0 radical (unpaired) electrons. The van der Waals surface area contributed by atoms with E-state index in [1.807, 2.05) is 7.05 Å². The Kier molecular flexibility index (Phi) is 4.32. The summed E-state index contributed by atoms with van der Waals surface area (Å²) in [7, 11) is 3.56. The third kappa shape index (κ3) is 3.72. The zero-order valence-corrected chi connectivity index (χ0v) is 11.5. The van der Waals surface area contributed by atoms with Gasteiger partial charge in [0.2, 0.25) is 5.82 Å². The molecule has 2 N–H and O–H groups in total. The van der Waals surface area contributed by atoms with E-state index in [-0.39, 0.29) is 11.6 Å². The van der Waals surface area contributed by atoms with Gasteiger partial charge < -0.3 is 15.5 Å². The first-order chi connectivity index (χ1) is 9.38. The van der Waals surface area contributed by atoms with Gasteiger partial charge in [0.1, 0.15) is 11.6 Å². The van der Waals surface area contributed by atoms with Crippen molar-refractivity contribution in [3.05, 3.63) is 11.9 Å². The molecule has 0 aliphatic carbocycles. The summed E-state index contributed by atoms with van der Waals surface area (Å²) in [6.45, 7) is 2.58. The number of likely N-dealkylation sites (tertiary alicyclic amines) is 1. The van der Waals surface area contributed by atoms with Gasteiger partial charge in [-0.05, 0) is 25.9 Å². The minimum absolute atomic E-state index is 0.151. The minimum atomic E-state index is -4.54. The zero-order chi connectivity index (χ0) is 14.8. The van der Waals surface area contributed by atoms with Crippen LogP contribution in [-0.4, -0.2) is 48.6 Å². The Bertz CT molecular complexity index is 463. The van der Waals surface area contributed by atoms with E-state index < -0.39 is 12.0 Å². The summed E-state index contributed by atoms with van der Waals surface area (Å²) in [6.07, 6.45) is -3.50. The summed E-state index contributed by atoms with van der Waals surface area (Å²) in [4.78, 5) is 9.15. The molecule has 1 aliphatic heterocycles. The zero-order valence-electron chi connectivity index (χ0n) is 11.5. The molecule has 0 aromatic carbocycles. The number of nitrogens with one attached hydrogen (secondary N) is 2. The molecule has 1 aromatic rings. The van der Waals surface area contributed by atoms with Crippen molar-refractivity contribution in [2.24, 2.45) is 5.92 Å². The molecule has 0 bridgehead atoms. The van der Waals surface area contributed by atoms with Gasteiger partial charge in [-0.3, -0.25) is 0 Å². The standard InChI is InChI=1S/C12H18F3N5/c1-16-9-5-10(19-11(18-9)12(13,14)15)17-6-8-3-4-20(2)7-8/h5,8H,3-4,6-7H2,1-2H3,(H2,16,17,18,19). The van der Waals surface area contributed by atoms with Crippen molar-refractivity contribution in [2.75, 3.05) is 44.4 Å². The molecular weight excluding hydrogens is 271 g/mol. The van der Waals surface area contributed by atoms with Crippen LogP contribution in [0.15, 0.2) is 6.07 Å². The summed E-state index contributed by atoms with van der Waals surface area (Å²) in [6, 6.07) is 1.48. The van der Waals surface area contributed by atoms with Gasteiger partial charge in [-0.1, -0.05) is 0 Å². The quantitative estimate of drug-likeness (QED) is 0.886. The molecule has 2 rings (SSSR count). The van der Waals surface area contributed by atoms with Crippen LogP contribution in [0.2, 0.25) is 0 Å². The molecule has 1 aliphatic rings. The predicted octanol–water partition coefficient (Wildman–Crippen LogP) is 1.90. The predicted molar refractivity (Wildman–Crippen MR) is 70.7 cm³/mol. The lowest BCUT2D eigenvalue weighted by atomic mass is 10.1.